The van der Waals surface area contributed by atoms with E-state index in [1.807, 2.05) is 6.21 Å². The lowest BCUT2D eigenvalue weighted by atomic mass is 9.80. The first-order valence-corrected chi connectivity index (χ1v) is 8.51. The van der Waals surface area contributed by atoms with Gasteiger partial charge in [-0.2, -0.15) is 0 Å². The normalized spacial score (nSPS) is 36.6. The van der Waals surface area contributed by atoms with Gasteiger partial charge in [0.15, 0.2) is 0 Å². The van der Waals surface area contributed by atoms with Gasteiger partial charge in [0.05, 0.1) is 6.04 Å². The first-order chi connectivity index (χ1) is 10.4. The minimum Gasteiger partial charge on any atom is -0.341 e. The van der Waals surface area contributed by atoms with Crippen LogP contribution in [0.25, 0.3) is 0 Å². The molecule has 1 fully saturated rings. The Balaban J connectivity index is 1.70. The summed E-state index contributed by atoms with van der Waals surface area (Å²) in [6, 6.07) is 0.589. The summed E-state index contributed by atoms with van der Waals surface area (Å²) in [6.45, 7) is 1.01. The zero-order valence-corrected chi connectivity index (χ0v) is 12.5. The van der Waals surface area contributed by atoms with Gasteiger partial charge in [-0.3, -0.25) is 4.99 Å². The molecule has 2 heteroatoms. The molecule has 1 unspecified atom stereocenters. The Morgan fingerprint density at radius 3 is 3.19 bits per heavy atom. The molecule has 0 N–H and O–H groups in total. The van der Waals surface area contributed by atoms with E-state index in [1.165, 1.54) is 38.5 Å². The third-order valence-corrected chi connectivity index (χ3v) is 5.96. The SMILES string of the molecule is C1=CC2=CCC3=C4[C@H](CCC3)[C@H]3CN=CC=C3N4C2CC1. The number of hydrogen-bond donors (Lipinski definition) is 0. The first kappa shape index (κ1) is 12.0. The van der Waals surface area contributed by atoms with Gasteiger partial charge < -0.3 is 4.90 Å². The van der Waals surface area contributed by atoms with E-state index < -0.39 is 0 Å². The summed E-state index contributed by atoms with van der Waals surface area (Å²) in [5.41, 5.74) is 6.54. The number of aliphatic imine (C=N–C) groups is 1. The molecule has 0 radical (unpaired) electrons. The zero-order valence-electron chi connectivity index (χ0n) is 12.5. The fourth-order valence-corrected chi connectivity index (χ4v) is 5.08. The quantitative estimate of drug-likeness (QED) is 0.654. The van der Waals surface area contributed by atoms with Crippen molar-refractivity contribution >= 4 is 6.21 Å². The predicted octanol–water partition coefficient (Wildman–Crippen LogP) is 3.99. The van der Waals surface area contributed by atoms with Crippen LogP contribution in [-0.2, 0) is 0 Å². The Morgan fingerprint density at radius 1 is 1.19 bits per heavy atom. The molecular weight excluding hydrogens is 256 g/mol. The van der Waals surface area contributed by atoms with Crippen LogP contribution in [-0.4, -0.2) is 23.7 Å². The number of fused-ring (bicyclic) bond motifs is 5. The molecule has 3 heterocycles. The number of allylic oxidation sites excluding steroid dienone is 5. The summed E-state index contributed by atoms with van der Waals surface area (Å²) in [6.07, 6.45) is 19.3. The second-order valence-electron chi connectivity index (χ2n) is 6.97. The number of rotatable bonds is 0. The minimum atomic E-state index is 0.589. The van der Waals surface area contributed by atoms with Gasteiger partial charge in [-0.1, -0.05) is 18.2 Å². The van der Waals surface area contributed by atoms with Gasteiger partial charge in [0.25, 0.3) is 0 Å². The van der Waals surface area contributed by atoms with Gasteiger partial charge in [0.1, 0.15) is 0 Å². The summed E-state index contributed by atoms with van der Waals surface area (Å²) < 4.78 is 0. The third-order valence-electron chi connectivity index (χ3n) is 5.96. The van der Waals surface area contributed by atoms with Gasteiger partial charge in [0, 0.05) is 36.0 Å². The Morgan fingerprint density at radius 2 is 2.19 bits per heavy atom. The molecule has 5 rings (SSSR count). The Hall–Kier alpha value is -1.57. The van der Waals surface area contributed by atoms with Crippen molar-refractivity contribution in [1.82, 2.24) is 4.90 Å². The molecule has 1 saturated heterocycles. The first-order valence-electron chi connectivity index (χ1n) is 8.51. The maximum Gasteiger partial charge on any atom is 0.0585 e. The molecule has 21 heavy (non-hydrogen) atoms. The van der Waals surface area contributed by atoms with E-state index in [2.05, 4.69) is 34.2 Å². The van der Waals surface area contributed by atoms with E-state index in [-0.39, 0.29) is 0 Å². The second kappa shape index (κ2) is 4.46. The Bertz CT molecular complexity index is 632. The summed E-state index contributed by atoms with van der Waals surface area (Å²) in [4.78, 5) is 7.32. The van der Waals surface area contributed by atoms with E-state index in [1.54, 1.807) is 22.5 Å². The lowest BCUT2D eigenvalue weighted by molar-refractivity contribution is 0.335. The fourth-order valence-electron chi connectivity index (χ4n) is 5.08. The number of dihydropyridines is 1. The molecule has 3 atom stereocenters. The van der Waals surface area contributed by atoms with Crippen LogP contribution in [0.2, 0.25) is 0 Å². The van der Waals surface area contributed by atoms with Crippen LogP contribution in [0.4, 0.5) is 0 Å². The highest BCUT2D eigenvalue weighted by molar-refractivity contribution is 5.74. The van der Waals surface area contributed by atoms with Gasteiger partial charge in [-0.15, -0.1) is 0 Å². The van der Waals surface area contributed by atoms with Gasteiger partial charge >= 0.3 is 0 Å². The van der Waals surface area contributed by atoms with Crippen LogP contribution in [0.3, 0.4) is 0 Å². The molecule has 5 aliphatic rings. The maximum atomic E-state index is 4.57. The van der Waals surface area contributed by atoms with E-state index in [4.69, 9.17) is 0 Å². The molecule has 0 saturated carbocycles. The molecule has 0 bridgehead atoms. The average Bonchev–Trinajstić information content (AvgIpc) is 2.78. The van der Waals surface area contributed by atoms with Crippen molar-refractivity contribution in [2.45, 2.75) is 44.6 Å². The Labute approximate surface area is 126 Å². The highest BCUT2D eigenvalue weighted by Crippen LogP contribution is 2.53. The van der Waals surface area contributed by atoms with Crippen molar-refractivity contribution in [1.29, 1.82) is 0 Å². The lowest BCUT2D eigenvalue weighted by Gasteiger charge is -2.36. The summed E-state index contributed by atoms with van der Waals surface area (Å²) in [5.74, 6) is 1.40. The van der Waals surface area contributed by atoms with Gasteiger partial charge in [-0.25, -0.2) is 0 Å². The highest BCUT2D eigenvalue weighted by Gasteiger charge is 2.47. The van der Waals surface area contributed by atoms with Gasteiger partial charge in [-0.05, 0) is 55.7 Å². The number of hydrogen-bond acceptors (Lipinski definition) is 2. The van der Waals surface area contributed by atoms with Crippen molar-refractivity contribution in [3.63, 3.8) is 0 Å². The van der Waals surface area contributed by atoms with Gasteiger partial charge in [0.2, 0.25) is 0 Å². The molecule has 0 amide bonds. The molecule has 0 aromatic carbocycles. The zero-order chi connectivity index (χ0) is 13.8. The average molecular weight is 278 g/mol. The third kappa shape index (κ3) is 1.62. The van der Waals surface area contributed by atoms with Crippen LogP contribution in [0.15, 0.2) is 51.8 Å². The standard InChI is InChI=1S/C19H22N2/c1-2-7-17-13(4-1)8-9-14-5-3-6-15-16-12-20-11-10-18(16)21(17)19(14)15/h1,4,8,10-11,15-17H,2-3,5-7,9,12H2/t15-,16-,17?/m1/s1. The molecular formula is C19H22N2. The van der Waals surface area contributed by atoms with Crippen molar-refractivity contribution in [2.75, 3.05) is 6.54 Å². The molecule has 108 valence electrons. The van der Waals surface area contributed by atoms with Crippen LogP contribution in [0, 0.1) is 11.8 Å². The second-order valence-corrected chi connectivity index (χ2v) is 6.97. The van der Waals surface area contributed by atoms with Crippen molar-refractivity contribution < 1.29 is 0 Å². The van der Waals surface area contributed by atoms with Crippen LogP contribution in [0.1, 0.15) is 38.5 Å². The summed E-state index contributed by atoms with van der Waals surface area (Å²) in [5, 5.41) is 0. The van der Waals surface area contributed by atoms with E-state index >= 15 is 0 Å². The maximum absolute atomic E-state index is 4.57. The van der Waals surface area contributed by atoms with Crippen molar-refractivity contribution in [3.8, 4) is 0 Å². The highest BCUT2D eigenvalue weighted by atomic mass is 15.2. The molecule has 2 nitrogen and oxygen atoms in total. The minimum absolute atomic E-state index is 0.589. The molecule has 2 aliphatic carbocycles. The summed E-state index contributed by atoms with van der Waals surface area (Å²) >= 11 is 0. The fraction of sp³-hybridized carbons (Fsp3) is 0.526. The topological polar surface area (TPSA) is 15.6 Å². The van der Waals surface area contributed by atoms with Crippen LogP contribution in [0.5, 0.6) is 0 Å². The van der Waals surface area contributed by atoms with E-state index in [0.717, 1.165) is 12.5 Å². The molecule has 0 spiro atoms. The predicted molar refractivity (Wildman–Crippen MR) is 86.0 cm³/mol. The molecule has 0 aromatic heterocycles. The Kier molecular flexibility index (Phi) is 2.55. The monoisotopic (exact) mass is 278 g/mol. The van der Waals surface area contributed by atoms with E-state index in [9.17, 15) is 0 Å². The van der Waals surface area contributed by atoms with Crippen molar-refractivity contribution in [3.05, 3.63) is 46.8 Å². The molecule has 0 aromatic rings. The summed E-state index contributed by atoms with van der Waals surface area (Å²) in [7, 11) is 0. The number of nitrogens with zero attached hydrogens (tertiary/aromatic N) is 2. The van der Waals surface area contributed by atoms with Crippen molar-refractivity contribution in [2.24, 2.45) is 16.8 Å². The lowest BCUT2D eigenvalue weighted by Crippen LogP contribution is -2.34. The molecule has 3 aliphatic heterocycles. The van der Waals surface area contributed by atoms with E-state index in [0.29, 0.717) is 12.0 Å². The van der Waals surface area contributed by atoms with Crippen LogP contribution < -0.4 is 0 Å². The van der Waals surface area contributed by atoms with Crippen LogP contribution >= 0.6 is 0 Å². The smallest absolute Gasteiger partial charge is 0.0585 e. The largest absolute Gasteiger partial charge is 0.341 e.